The Bertz CT molecular complexity index is 831. The molecule has 0 saturated heterocycles. The lowest BCUT2D eigenvalue weighted by molar-refractivity contribution is 0.436. The van der Waals surface area contributed by atoms with Gasteiger partial charge in [0.05, 0.1) is 0 Å². The number of hydrogen-bond donors (Lipinski definition) is 2. The largest absolute Gasteiger partial charge is 0.493 e. The molecule has 1 aromatic carbocycles. The van der Waals surface area contributed by atoms with Gasteiger partial charge in [-0.1, -0.05) is 36.8 Å². The molecule has 2 aromatic heterocycles. The van der Waals surface area contributed by atoms with E-state index in [0.717, 1.165) is 5.56 Å². The van der Waals surface area contributed by atoms with E-state index < -0.39 is 0 Å². The number of nitrogens with one attached hydrogen (secondary N) is 1. The minimum Gasteiger partial charge on any atom is -0.493 e. The van der Waals surface area contributed by atoms with Gasteiger partial charge in [0.15, 0.2) is 5.82 Å². The summed E-state index contributed by atoms with van der Waals surface area (Å²) in [5.41, 5.74) is 1.54. The van der Waals surface area contributed by atoms with Crippen molar-refractivity contribution in [2.24, 2.45) is 0 Å². The first-order chi connectivity index (χ1) is 9.60. The Morgan fingerprint density at radius 2 is 2.00 bits per heavy atom. The molecule has 20 heavy (non-hydrogen) atoms. The average molecular weight is 270 g/mol. The Morgan fingerprint density at radius 3 is 2.65 bits per heavy atom. The van der Waals surface area contributed by atoms with E-state index in [9.17, 15) is 9.90 Å². The molecule has 2 heterocycles. The second-order valence-electron chi connectivity index (χ2n) is 4.64. The van der Waals surface area contributed by atoms with Crippen LogP contribution in [0.2, 0.25) is 0 Å². The molecule has 0 amide bonds. The van der Waals surface area contributed by atoms with Crippen LogP contribution in [0.3, 0.4) is 0 Å². The van der Waals surface area contributed by atoms with E-state index in [1.54, 1.807) is 12.1 Å². The Balaban J connectivity index is 2.30. The molecule has 0 bridgehead atoms. The van der Waals surface area contributed by atoms with Crippen LogP contribution in [0.15, 0.2) is 29.1 Å². The van der Waals surface area contributed by atoms with Crippen LogP contribution in [-0.4, -0.2) is 24.7 Å². The van der Waals surface area contributed by atoms with E-state index in [2.05, 4.69) is 15.1 Å². The summed E-state index contributed by atoms with van der Waals surface area (Å²) < 4.78 is 1.26. The number of aromatic nitrogens is 4. The Kier molecular flexibility index (Phi) is 2.78. The van der Waals surface area contributed by atoms with Crippen molar-refractivity contribution in [3.05, 3.63) is 46.0 Å². The molecule has 2 N–H and O–H groups in total. The standard InChI is InChI=1S/C14H14N4O2/c1-3-10-15-14-16-12(19)11(13(20)18(14)17-10)9-6-4-8(2)5-7-9/h4-7,20H,3H2,1-2H3,(H,15,16,17,19). The summed E-state index contributed by atoms with van der Waals surface area (Å²) in [6, 6.07) is 7.36. The summed E-state index contributed by atoms with van der Waals surface area (Å²) >= 11 is 0. The van der Waals surface area contributed by atoms with Crippen LogP contribution in [0.25, 0.3) is 16.9 Å². The van der Waals surface area contributed by atoms with Gasteiger partial charge in [-0.3, -0.25) is 9.78 Å². The second-order valence-corrected chi connectivity index (χ2v) is 4.64. The van der Waals surface area contributed by atoms with Crippen molar-refractivity contribution in [2.75, 3.05) is 0 Å². The highest BCUT2D eigenvalue weighted by molar-refractivity contribution is 5.68. The highest BCUT2D eigenvalue weighted by Gasteiger charge is 2.16. The maximum Gasteiger partial charge on any atom is 0.264 e. The van der Waals surface area contributed by atoms with E-state index >= 15 is 0 Å². The van der Waals surface area contributed by atoms with Gasteiger partial charge in [0.1, 0.15) is 5.56 Å². The zero-order valence-corrected chi connectivity index (χ0v) is 11.2. The third-order valence-corrected chi connectivity index (χ3v) is 3.18. The molecular formula is C14H14N4O2. The van der Waals surface area contributed by atoms with Gasteiger partial charge in [-0.25, -0.2) is 0 Å². The number of H-pyrrole nitrogens is 1. The van der Waals surface area contributed by atoms with E-state index in [1.807, 2.05) is 26.0 Å². The summed E-state index contributed by atoms with van der Waals surface area (Å²) in [5.74, 6) is 0.622. The molecular weight excluding hydrogens is 256 g/mol. The smallest absolute Gasteiger partial charge is 0.264 e. The zero-order valence-electron chi connectivity index (χ0n) is 11.2. The Hall–Kier alpha value is -2.63. The first kappa shape index (κ1) is 12.4. The number of nitrogens with zero attached hydrogens (tertiary/aromatic N) is 3. The molecule has 0 unspecified atom stereocenters. The quantitative estimate of drug-likeness (QED) is 0.741. The molecule has 6 nitrogen and oxygen atoms in total. The lowest BCUT2D eigenvalue weighted by Gasteiger charge is -2.05. The van der Waals surface area contributed by atoms with Crippen LogP contribution >= 0.6 is 0 Å². The number of aryl methyl sites for hydroxylation is 2. The van der Waals surface area contributed by atoms with Crippen molar-refractivity contribution in [3.8, 4) is 17.0 Å². The molecule has 0 radical (unpaired) electrons. The summed E-state index contributed by atoms with van der Waals surface area (Å²) in [4.78, 5) is 18.9. The van der Waals surface area contributed by atoms with Gasteiger partial charge in [-0.2, -0.15) is 9.50 Å². The van der Waals surface area contributed by atoms with Gasteiger partial charge in [0, 0.05) is 6.42 Å². The van der Waals surface area contributed by atoms with Crippen molar-refractivity contribution >= 4 is 5.78 Å². The van der Waals surface area contributed by atoms with Crippen LogP contribution in [-0.2, 0) is 6.42 Å². The molecule has 3 aromatic rings. The van der Waals surface area contributed by atoms with Gasteiger partial charge in [0.2, 0.25) is 11.7 Å². The van der Waals surface area contributed by atoms with E-state index in [1.165, 1.54) is 4.52 Å². The topological polar surface area (TPSA) is 83.3 Å². The molecule has 0 spiro atoms. The summed E-state index contributed by atoms with van der Waals surface area (Å²) in [6.07, 6.45) is 0.628. The van der Waals surface area contributed by atoms with Crippen LogP contribution in [0, 0.1) is 6.92 Å². The predicted molar refractivity (Wildman–Crippen MR) is 74.8 cm³/mol. The predicted octanol–water partition coefficient (Wildman–Crippen LogP) is 1.66. The summed E-state index contributed by atoms with van der Waals surface area (Å²) in [7, 11) is 0. The molecule has 0 aliphatic heterocycles. The summed E-state index contributed by atoms with van der Waals surface area (Å²) in [5, 5.41) is 14.5. The van der Waals surface area contributed by atoms with E-state index in [4.69, 9.17) is 0 Å². The van der Waals surface area contributed by atoms with Gasteiger partial charge >= 0.3 is 0 Å². The Morgan fingerprint density at radius 1 is 1.30 bits per heavy atom. The van der Waals surface area contributed by atoms with Crippen molar-refractivity contribution in [2.45, 2.75) is 20.3 Å². The zero-order chi connectivity index (χ0) is 14.3. The minimum atomic E-state index is -0.381. The number of hydrogen-bond acceptors (Lipinski definition) is 4. The number of aromatic hydroxyl groups is 1. The van der Waals surface area contributed by atoms with Gasteiger partial charge in [-0.15, -0.1) is 5.10 Å². The molecule has 0 fully saturated rings. The van der Waals surface area contributed by atoms with Crippen LogP contribution < -0.4 is 5.56 Å². The van der Waals surface area contributed by atoms with Crippen molar-refractivity contribution < 1.29 is 5.11 Å². The van der Waals surface area contributed by atoms with E-state index in [-0.39, 0.29) is 22.8 Å². The van der Waals surface area contributed by atoms with Gasteiger partial charge < -0.3 is 5.11 Å². The van der Waals surface area contributed by atoms with Gasteiger partial charge in [-0.05, 0) is 12.5 Å². The van der Waals surface area contributed by atoms with Crippen molar-refractivity contribution in [3.63, 3.8) is 0 Å². The molecule has 0 aliphatic carbocycles. The van der Waals surface area contributed by atoms with Gasteiger partial charge in [0.25, 0.3) is 5.56 Å². The average Bonchev–Trinajstić information content (AvgIpc) is 2.84. The molecule has 0 atom stereocenters. The maximum atomic E-state index is 12.1. The molecule has 0 aliphatic rings. The second kappa shape index (κ2) is 4.48. The molecule has 6 heteroatoms. The SMILES string of the molecule is CCc1nc2[nH]c(=O)c(-c3ccc(C)cc3)c(O)n2n1. The lowest BCUT2D eigenvalue weighted by atomic mass is 10.1. The highest BCUT2D eigenvalue weighted by Crippen LogP contribution is 2.25. The normalized spacial score (nSPS) is 11.1. The fraction of sp³-hybridized carbons (Fsp3) is 0.214. The third kappa shape index (κ3) is 1.85. The van der Waals surface area contributed by atoms with E-state index in [0.29, 0.717) is 17.8 Å². The fourth-order valence-corrected chi connectivity index (χ4v) is 2.09. The molecule has 0 saturated carbocycles. The van der Waals surface area contributed by atoms with Crippen LogP contribution in [0.4, 0.5) is 0 Å². The highest BCUT2D eigenvalue weighted by atomic mass is 16.3. The Labute approximate surface area is 114 Å². The molecule has 102 valence electrons. The number of benzene rings is 1. The lowest BCUT2D eigenvalue weighted by Crippen LogP contribution is -2.12. The monoisotopic (exact) mass is 270 g/mol. The van der Waals surface area contributed by atoms with Crippen molar-refractivity contribution in [1.82, 2.24) is 19.6 Å². The van der Waals surface area contributed by atoms with Crippen LogP contribution in [0.1, 0.15) is 18.3 Å². The first-order valence-electron chi connectivity index (χ1n) is 6.38. The number of aromatic amines is 1. The summed E-state index contributed by atoms with van der Waals surface area (Å²) in [6.45, 7) is 3.87. The maximum absolute atomic E-state index is 12.1. The van der Waals surface area contributed by atoms with Crippen LogP contribution in [0.5, 0.6) is 5.88 Å². The third-order valence-electron chi connectivity index (χ3n) is 3.18. The number of fused-ring (bicyclic) bond motifs is 1. The number of rotatable bonds is 2. The fourth-order valence-electron chi connectivity index (χ4n) is 2.09. The van der Waals surface area contributed by atoms with Crippen molar-refractivity contribution in [1.29, 1.82) is 0 Å². The first-order valence-corrected chi connectivity index (χ1v) is 6.38. The molecule has 3 rings (SSSR count). The minimum absolute atomic E-state index is 0.195.